The number of fused-ring (bicyclic) bond motifs is 1. The van der Waals surface area contributed by atoms with Crippen molar-refractivity contribution in [2.75, 3.05) is 12.4 Å². The fourth-order valence-electron chi connectivity index (χ4n) is 2.95. The Morgan fingerprint density at radius 1 is 1.30 bits per heavy atom. The Bertz CT molecular complexity index is 599. The molecule has 1 aromatic heterocycles. The molecule has 0 saturated heterocycles. The first-order valence-corrected chi connectivity index (χ1v) is 7.22. The number of ether oxygens (including phenoxy) is 1. The number of anilines is 1. The highest BCUT2D eigenvalue weighted by Crippen LogP contribution is 2.28. The third-order valence-corrected chi connectivity index (χ3v) is 3.96. The molecule has 4 heteroatoms. The number of benzene rings is 1. The van der Waals surface area contributed by atoms with Crippen molar-refractivity contribution in [3.05, 3.63) is 30.3 Å². The van der Waals surface area contributed by atoms with Gasteiger partial charge < -0.3 is 15.8 Å². The van der Waals surface area contributed by atoms with Crippen LogP contribution in [0.5, 0.6) is 5.75 Å². The standard InChI is InChI=1S/C16H21N3O/c1-20-15-10-16(18-12-6-4-5-11(17)9-12)19-14-8-3-2-7-13(14)15/h2-3,7-8,10-12H,4-6,9,17H2,1H3,(H,18,19)/t11-,12+/m1/s1. The van der Waals surface area contributed by atoms with Crippen molar-refractivity contribution in [3.63, 3.8) is 0 Å². The molecule has 0 unspecified atom stereocenters. The van der Waals surface area contributed by atoms with E-state index in [4.69, 9.17) is 10.5 Å². The molecular weight excluding hydrogens is 250 g/mol. The molecule has 4 nitrogen and oxygen atoms in total. The molecule has 2 aromatic rings. The minimum Gasteiger partial charge on any atom is -0.496 e. The first-order chi connectivity index (χ1) is 9.76. The first kappa shape index (κ1) is 13.2. The van der Waals surface area contributed by atoms with Gasteiger partial charge in [0.1, 0.15) is 11.6 Å². The zero-order valence-corrected chi connectivity index (χ0v) is 11.8. The van der Waals surface area contributed by atoms with Gasteiger partial charge in [0.15, 0.2) is 0 Å². The fourth-order valence-corrected chi connectivity index (χ4v) is 2.95. The number of nitrogens with two attached hydrogens (primary N) is 1. The molecular formula is C16H21N3O. The first-order valence-electron chi connectivity index (χ1n) is 7.22. The average molecular weight is 271 g/mol. The maximum absolute atomic E-state index is 6.04. The number of hydrogen-bond acceptors (Lipinski definition) is 4. The highest BCUT2D eigenvalue weighted by Gasteiger charge is 2.19. The van der Waals surface area contributed by atoms with E-state index in [0.717, 1.165) is 41.7 Å². The number of methoxy groups -OCH3 is 1. The summed E-state index contributed by atoms with van der Waals surface area (Å²) in [6.45, 7) is 0. The zero-order valence-electron chi connectivity index (χ0n) is 11.8. The van der Waals surface area contributed by atoms with Crippen LogP contribution in [0.15, 0.2) is 30.3 Å². The topological polar surface area (TPSA) is 60.2 Å². The quantitative estimate of drug-likeness (QED) is 0.901. The van der Waals surface area contributed by atoms with E-state index in [0.29, 0.717) is 12.1 Å². The number of hydrogen-bond donors (Lipinski definition) is 2. The summed E-state index contributed by atoms with van der Waals surface area (Å²) in [7, 11) is 1.70. The maximum atomic E-state index is 6.04. The van der Waals surface area contributed by atoms with E-state index in [2.05, 4.69) is 10.3 Å². The van der Waals surface area contributed by atoms with Crippen LogP contribution in [0.3, 0.4) is 0 Å². The SMILES string of the molecule is COc1cc(N[C@H]2CCC[C@@H](N)C2)nc2ccccc12. The second-order valence-electron chi connectivity index (χ2n) is 5.49. The van der Waals surface area contributed by atoms with Crippen molar-refractivity contribution >= 4 is 16.7 Å². The van der Waals surface area contributed by atoms with Crippen molar-refractivity contribution in [1.82, 2.24) is 4.98 Å². The minimum atomic E-state index is 0.309. The number of aromatic nitrogens is 1. The van der Waals surface area contributed by atoms with Crippen LogP contribution in [0, 0.1) is 0 Å². The van der Waals surface area contributed by atoms with E-state index >= 15 is 0 Å². The van der Waals surface area contributed by atoms with Crippen LogP contribution >= 0.6 is 0 Å². The van der Waals surface area contributed by atoms with Crippen LogP contribution < -0.4 is 15.8 Å². The summed E-state index contributed by atoms with van der Waals surface area (Å²) in [5.74, 6) is 1.73. The fraction of sp³-hybridized carbons (Fsp3) is 0.438. The number of para-hydroxylation sites is 1. The molecule has 1 saturated carbocycles. The summed E-state index contributed by atoms with van der Waals surface area (Å²) in [6, 6.07) is 10.7. The van der Waals surface area contributed by atoms with Gasteiger partial charge in [-0.1, -0.05) is 12.1 Å². The minimum absolute atomic E-state index is 0.309. The van der Waals surface area contributed by atoms with Gasteiger partial charge in [-0.3, -0.25) is 0 Å². The molecule has 2 atom stereocenters. The molecule has 1 aliphatic carbocycles. The number of nitrogens with zero attached hydrogens (tertiary/aromatic N) is 1. The van der Waals surface area contributed by atoms with Gasteiger partial charge in [0.2, 0.25) is 0 Å². The lowest BCUT2D eigenvalue weighted by Gasteiger charge is -2.28. The average Bonchev–Trinajstić information content (AvgIpc) is 2.46. The Kier molecular flexibility index (Phi) is 3.74. The molecule has 3 rings (SSSR count). The maximum Gasteiger partial charge on any atom is 0.131 e. The molecule has 1 fully saturated rings. The lowest BCUT2D eigenvalue weighted by atomic mass is 9.91. The number of nitrogens with one attached hydrogen (secondary N) is 1. The monoisotopic (exact) mass is 271 g/mol. The van der Waals surface area contributed by atoms with Gasteiger partial charge in [-0.25, -0.2) is 4.98 Å². The molecule has 1 aliphatic rings. The van der Waals surface area contributed by atoms with Crippen molar-refractivity contribution in [1.29, 1.82) is 0 Å². The summed E-state index contributed by atoms with van der Waals surface area (Å²) in [5.41, 5.74) is 6.99. The van der Waals surface area contributed by atoms with Gasteiger partial charge in [-0.15, -0.1) is 0 Å². The Labute approximate surface area is 119 Å². The van der Waals surface area contributed by atoms with Crippen molar-refractivity contribution in [2.24, 2.45) is 5.73 Å². The number of rotatable bonds is 3. The van der Waals surface area contributed by atoms with E-state index in [9.17, 15) is 0 Å². The molecule has 0 amide bonds. The second-order valence-corrected chi connectivity index (χ2v) is 5.49. The molecule has 106 valence electrons. The van der Waals surface area contributed by atoms with Crippen LogP contribution in [0.1, 0.15) is 25.7 Å². The lowest BCUT2D eigenvalue weighted by Crippen LogP contribution is -2.35. The van der Waals surface area contributed by atoms with E-state index in [1.165, 1.54) is 6.42 Å². The third kappa shape index (κ3) is 2.70. The molecule has 20 heavy (non-hydrogen) atoms. The normalized spacial score (nSPS) is 22.7. The van der Waals surface area contributed by atoms with Gasteiger partial charge >= 0.3 is 0 Å². The molecule has 0 spiro atoms. The van der Waals surface area contributed by atoms with Crippen molar-refractivity contribution in [3.8, 4) is 5.75 Å². The van der Waals surface area contributed by atoms with Crippen molar-refractivity contribution in [2.45, 2.75) is 37.8 Å². The Hall–Kier alpha value is -1.81. The summed E-state index contributed by atoms with van der Waals surface area (Å²) in [4.78, 5) is 4.67. The lowest BCUT2D eigenvalue weighted by molar-refractivity contribution is 0.407. The van der Waals surface area contributed by atoms with Crippen LogP contribution in [-0.2, 0) is 0 Å². The predicted octanol–water partition coefficient (Wildman–Crippen LogP) is 2.93. The molecule has 1 aromatic carbocycles. The van der Waals surface area contributed by atoms with Crippen LogP contribution in [0.25, 0.3) is 10.9 Å². The van der Waals surface area contributed by atoms with E-state index in [-0.39, 0.29) is 0 Å². The van der Waals surface area contributed by atoms with Gasteiger partial charge in [-0.2, -0.15) is 0 Å². The third-order valence-electron chi connectivity index (χ3n) is 3.96. The Balaban J connectivity index is 1.87. The molecule has 0 aliphatic heterocycles. The van der Waals surface area contributed by atoms with Gasteiger partial charge in [0, 0.05) is 23.5 Å². The van der Waals surface area contributed by atoms with Crippen LogP contribution in [-0.4, -0.2) is 24.2 Å². The second kappa shape index (κ2) is 5.67. The Morgan fingerprint density at radius 3 is 2.95 bits per heavy atom. The summed E-state index contributed by atoms with van der Waals surface area (Å²) >= 11 is 0. The molecule has 3 N–H and O–H groups in total. The van der Waals surface area contributed by atoms with E-state index in [1.54, 1.807) is 7.11 Å². The Morgan fingerprint density at radius 2 is 2.15 bits per heavy atom. The van der Waals surface area contributed by atoms with Gasteiger partial charge in [-0.05, 0) is 37.8 Å². The van der Waals surface area contributed by atoms with E-state index < -0.39 is 0 Å². The highest BCUT2D eigenvalue weighted by atomic mass is 16.5. The van der Waals surface area contributed by atoms with Crippen molar-refractivity contribution < 1.29 is 4.74 Å². The highest BCUT2D eigenvalue weighted by molar-refractivity contribution is 5.86. The molecule has 0 bridgehead atoms. The summed E-state index contributed by atoms with van der Waals surface area (Å²) < 4.78 is 5.47. The summed E-state index contributed by atoms with van der Waals surface area (Å²) in [5, 5.41) is 4.55. The smallest absolute Gasteiger partial charge is 0.131 e. The van der Waals surface area contributed by atoms with Crippen LogP contribution in [0.2, 0.25) is 0 Å². The summed E-state index contributed by atoms with van der Waals surface area (Å²) in [6.07, 6.45) is 4.48. The molecule has 0 radical (unpaired) electrons. The predicted molar refractivity (Wildman–Crippen MR) is 82.1 cm³/mol. The van der Waals surface area contributed by atoms with Gasteiger partial charge in [0.05, 0.1) is 12.6 Å². The largest absolute Gasteiger partial charge is 0.496 e. The van der Waals surface area contributed by atoms with Crippen LogP contribution in [0.4, 0.5) is 5.82 Å². The van der Waals surface area contributed by atoms with E-state index in [1.807, 2.05) is 30.3 Å². The zero-order chi connectivity index (χ0) is 13.9. The van der Waals surface area contributed by atoms with Gasteiger partial charge in [0.25, 0.3) is 0 Å². The number of pyridine rings is 1. The molecule has 1 heterocycles.